The van der Waals surface area contributed by atoms with Crippen molar-refractivity contribution in [1.29, 1.82) is 0 Å². The van der Waals surface area contributed by atoms with E-state index in [0.717, 1.165) is 23.1 Å². The summed E-state index contributed by atoms with van der Waals surface area (Å²) in [7, 11) is 0. The molecule has 0 unspecified atom stereocenters. The third kappa shape index (κ3) is 3.32. The smallest absolute Gasteiger partial charge is 0.224 e. The Morgan fingerprint density at radius 1 is 1.15 bits per heavy atom. The zero-order valence-electron chi connectivity index (χ0n) is 14.0. The molecule has 4 aromatic rings. The molecule has 0 saturated heterocycles. The first-order valence-corrected chi connectivity index (χ1v) is 8.21. The van der Waals surface area contributed by atoms with Crippen molar-refractivity contribution >= 4 is 28.5 Å². The molecule has 0 atom stereocenters. The van der Waals surface area contributed by atoms with Crippen molar-refractivity contribution in [3.05, 3.63) is 53.7 Å². The summed E-state index contributed by atoms with van der Waals surface area (Å²) in [6, 6.07) is 6.57. The van der Waals surface area contributed by atoms with Gasteiger partial charge in [0.05, 0.1) is 11.7 Å². The normalized spacial score (nSPS) is 11.0. The van der Waals surface area contributed by atoms with Crippen LogP contribution in [0.15, 0.2) is 36.7 Å². The summed E-state index contributed by atoms with van der Waals surface area (Å²) in [4.78, 5) is 8.60. The molecule has 3 heterocycles. The van der Waals surface area contributed by atoms with Crippen LogP contribution in [-0.4, -0.2) is 30.4 Å². The first-order chi connectivity index (χ1) is 12.7. The van der Waals surface area contributed by atoms with E-state index in [-0.39, 0.29) is 5.82 Å². The highest BCUT2D eigenvalue weighted by atomic mass is 19.1. The van der Waals surface area contributed by atoms with Crippen LogP contribution in [0.2, 0.25) is 0 Å². The van der Waals surface area contributed by atoms with Gasteiger partial charge in [-0.3, -0.25) is 10.2 Å². The molecule has 0 radical (unpaired) electrons. The molecule has 4 N–H and O–H groups in total. The Morgan fingerprint density at radius 3 is 2.92 bits per heavy atom. The number of hydrogen-bond acceptors (Lipinski definition) is 6. The van der Waals surface area contributed by atoms with Crippen molar-refractivity contribution in [2.45, 2.75) is 19.9 Å². The van der Waals surface area contributed by atoms with Gasteiger partial charge in [-0.2, -0.15) is 15.2 Å². The third-order valence-corrected chi connectivity index (χ3v) is 3.97. The Kier molecular flexibility index (Phi) is 4.18. The summed E-state index contributed by atoms with van der Waals surface area (Å²) in [6.45, 7) is 2.42. The van der Waals surface area contributed by atoms with Gasteiger partial charge < -0.3 is 10.6 Å². The van der Waals surface area contributed by atoms with Gasteiger partial charge in [0.2, 0.25) is 5.95 Å². The number of fused-ring (bicyclic) bond motifs is 1. The molecular formula is C17H17FN8. The first kappa shape index (κ1) is 16.0. The number of rotatable bonds is 6. The predicted molar refractivity (Wildman–Crippen MR) is 96.7 cm³/mol. The van der Waals surface area contributed by atoms with Gasteiger partial charge in [-0.25, -0.2) is 9.37 Å². The second-order valence-electron chi connectivity index (χ2n) is 5.77. The number of aromatic nitrogens is 6. The molecule has 4 rings (SSSR count). The molecule has 1 aromatic carbocycles. The summed E-state index contributed by atoms with van der Waals surface area (Å²) >= 11 is 0. The van der Waals surface area contributed by atoms with Crippen LogP contribution in [0.5, 0.6) is 0 Å². The van der Waals surface area contributed by atoms with Gasteiger partial charge in [-0.1, -0.05) is 6.92 Å². The van der Waals surface area contributed by atoms with Gasteiger partial charge in [0.25, 0.3) is 0 Å². The van der Waals surface area contributed by atoms with Crippen molar-refractivity contribution in [1.82, 2.24) is 30.4 Å². The zero-order chi connectivity index (χ0) is 17.9. The summed E-state index contributed by atoms with van der Waals surface area (Å²) in [5.41, 5.74) is 2.47. The lowest BCUT2D eigenvalue weighted by molar-refractivity contribution is 0.627. The molecule has 26 heavy (non-hydrogen) atoms. The van der Waals surface area contributed by atoms with Gasteiger partial charge in [-0.05, 0) is 30.2 Å². The topological polar surface area (TPSA) is 107 Å². The molecular weight excluding hydrogens is 335 g/mol. The van der Waals surface area contributed by atoms with E-state index in [1.807, 2.05) is 13.0 Å². The molecule has 0 bridgehead atoms. The number of hydrogen-bond donors (Lipinski definition) is 4. The lowest BCUT2D eigenvalue weighted by atomic mass is 10.1. The van der Waals surface area contributed by atoms with E-state index in [1.165, 1.54) is 12.1 Å². The van der Waals surface area contributed by atoms with E-state index in [0.29, 0.717) is 29.6 Å². The molecule has 0 aliphatic carbocycles. The molecule has 0 saturated carbocycles. The molecule has 0 spiro atoms. The van der Waals surface area contributed by atoms with Crippen molar-refractivity contribution in [3.8, 4) is 0 Å². The highest BCUT2D eigenvalue weighted by Crippen LogP contribution is 2.20. The number of aryl methyl sites for hydroxylation is 1. The Hall–Kier alpha value is -3.49. The Labute approximate surface area is 148 Å². The average Bonchev–Trinajstić information content (AvgIpc) is 3.29. The van der Waals surface area contributed by atoms with Crippen molar-refractivity contribution in [2.75, 3.05) is 10.6 Å². The number of nitrogens with one attached hydrogen (secondary N) is 4. The third-order valence-electron chi connectivity index (χ3n) is 3.97. The lowest BCUT2D eigenvalue weighted by Crippen LogP contribution is -2.05. The maximum atomic E-state index is 13.7. The summed E-state index contributed by atoms with van der Waals surface area (Å²) in [5, 5.41) is 20.9. The SMILES string of the molecule is CCc1cc(Nc2ccnc(NCc3cc(F)cc4[nH]ncc34)n2)n[nH]1. The van der Waals surface area contributed by atoms with Gasteiger partial charge in [0.15, 0.2) is 5.82 Å². The van der Waals surface area contributed by atoms with Crippen LogP contribution in [0.1, 0.15) is 18.2 Å². The minimum Gasteiger partial charge on any atom is -0.350 e. The minimum atomic E-state index is -0.319. The molecule has 0 amide bonds. The van der Waals surface area contributed by atoms with E-state index in [9.17, 15) is 4.39 Å². The van der Waals surface area contributed by atoms with Crippen molar-refractivity contribution < 1.29 is 4.39 Å². The second-order valence-corrected chi connectivity index (χ2v) is 5.77. The van der Waals surface area contributed by atoms with Crippen LogP contribution in [-0.2, 0) is 13.0 Å². The molecule has 0 aliphatic rings. The van der Waals surface area contributed by atoms with E-state index < -0.39 is 0 Å². The number of benzene rings is 1. The summed E-state index contributed by atoms with van der Waals surface area (Å²) < 4.78 is 13.7. The minimum absolute atomic E-state index is 0.319. The van der Waals surface area contributed by atoms with Crippen LogP contribution in [0, 0.1) is 5.82 Å². The number of nitrogens with zero attached hydrogens (tertiary/aromatic N) is 4. The van der Waals surface area contributed by atoms with E-state index >= 15 is 0 Å². The molecule has 0 aliphatic heterocycles. The molecule has 9 heteroatoms. The van der Waals surface area contributed by atoms with Crippen molar-refractivity contribution in [3.63, 3.8) is 0 Å². The Morgan fingerprint density at radius 2 is 2.08 bits per heavy atom. The van der Waals surface area contributed by atoms with E-state index in [2.05, 4.69) is 41.0 Å². The molecule has 8 nitrogen and oxygen atoms in total. The maximum absolute atomic E-state index is 13.7. The monoisotopic (exact) mass is 352 g/mol. The first-order valence-electron chi connectivity index (χ1n) is 8.21. The standard InChI is InChI=1S/C17H17FN8/c1-2-12-7-16(26-24-12)22-15-3-4-19-17(23-15)20-8-10-5-11(18)6-14-13(10)9-21-25-14/h3-7,9H,2,8H2,1H3,(H,21,25)(H3,19,20,22,23,24,26). The number of aromatic amines is 2. The van der Waals surface area contributed by atoms with E-state index in [4.69, 9.17) is 0 Å². The fourth-order valence-electron chi connectivity index (χ4n) is 2.66. The van der Waals surface area contributed by atoms with Gasteiger partial charge in [0.1, 0.15) is 11.6 Å². The van der Waals surface area contributed by atoms with E-state index in [1.54, 1.807) is 18.5 Å². The number of anilines is 3. The lowest BCUT2D eigenvalue weighted by Gasteiger charge is -2.08. The number of halogens is 1. The zero-order valence-corrected chi connectivity index (χ0v) is 14.0. The van der Waals surface area contributed by atoms with Crippen molar-refractivity contribution in [2.24, 2.45) is 0 Å². The highest BCUT2D eigenvalue weighted by Gasteiger charge is 2.08. The van der Waals surface area contributed by atoms with Gasteiger partial charge in [0, 0.05) is 29.9 Å². The largest absolute Gasteiger partial charge is 0.350 e. The molecule has 3 aromatic heterocycles. The fourth-order valence-corrected chi connectivity index (χ4v) is 2.66. The van der Waals surface area contributed by atoms with Crippen LogP contribution < -0.4 is 10.6 Å². The summed E-state index contributed by atoms with van der Waals surface area (Å²) in [6.07, 6.45) is 4.19. The van der Waals surface area contributed by atoms with Crippen LogP contribution in [0.3, 0.4) is 0 Å². The Balaban J connectivity index is 1.49. The fraction of sp³-hybridized carbons (Fsp3) is 0.176. The van der Waals surface area contributed by atoms with Crippen LogP contribution >= 0.6 is 0 Å². The quantitative estimate of drug-likeness (QED) is 0.425. The maximum Gasteiger partial charge on any atom is 0.224 e. The van der Waals surface area contributed by atoms with Gasteiger partial charge in [-0.15, -0.1) is 0 Å². The Bertz CT molecular complexity index is 1040. The van der Waals surface area contributed by atoms with Gasteiger partial charge >= 0.3 is 0 Å². The van der Waals surface area contributed by atoms with Crippen LogP contribution in [0.4, 0.5) is 22.0 Å². The molecule has 132 valence electrons. The highest BCUT2D eigenvalue weighted by molar-refractivity contribution is 5.81. The summed E-state index contributed by atoms with van der Waals surface area (Å²) in [5.74, 6) is 1.42. The second kappa shape index (κ2) is 6.79. The predicted octanol–water partition coefficient (Wildman–Crippen LogP) is 3.13. The number of H-pyrrole nitrogens is 2. The average molecular weight is 352 g/mol. The molecule has 0 fully saturated rings. The van der Waals surface area contributed by atoms with Crippen LogP contribution in [0.25, 0.3) is 10.9 Å².